The zero-order valence-electron chi connectivity index (χ0n) is 7.51. The van der Waals surface area contributed by atoms with Crippen LogP contribution in [0.2, 0.25) is 0 Å². The van der Waals surface area contributed by atoms with Gasteiger partial charge in [0.15, 0.2) is 0 Å². The molecule has 2 heterocycles. The van der Waals surface area contributed by atoms with E-state index in [0.29, 0.717) is 6.54 Å². The topological polar surface area (TPSA) is 38.9 Å². The Labute approximate surface area is 91.2 Å². The van der Waals surface area contributed by atoms with E-state index in [0.717, 1.165) is 10.6 Å². The Hall–Kier alpha value is -0.840. The molecule has 0 bridgehead atoms. The number of rotatable bonds is 3. The highest BCUT2D eigenvalue weighted by molar-refractivity contribution is 8.01. The van der Waals surface area contributed by atoms with Crippen molar-refractivity contribution < 1.29 is 0 Å². The van der Waals surface area contributed by atoms with E-state index in [-0.39, 0.29) is 0 Å². The minimum Gasteiger partial charge on any atom is -0.325 e. The molecule has 2 rings (SSSR count). The van der Waals surface area contributed by atoms with Gasteiger partial charge in [0.2, 0.25) is 0 Å². The largest absolute Gasteiger partial charge is 0.325 e. The SMILES string of the molecule is NCc1ccc(Sc2cccs2)cn1. The van der Waals surface area contributed by atoms with Crippen LogP contribution in [-0.2, 0) is 6.54 Å². The first-order chi connectivity index (χ1) is 6.88. The first-order valence-corrected chi connectivity index (χ1v) is 5.94. The molecule has 2 aromatic heterocycles. The van der Waals surface area contributed by atoms with Crippen LogP contribution in [-0.4, -0.2) is 4.98 Å². The van der Waals surface area contributed by atoms with Crippen LogP contribution in [0.5, 0.6) is 0 Å². The number of aromatic nitrogens is 1. The van der Waals surface area contributed by atoms with E-state index in [4.69, 9.17) is 5.73 Å². The average molecular weight is 222 g/mol. The normalized spacial score (nSPS) is 10.4. The molecular weight excluding hydrogens is 212 g/mol. The Kier molecular flexibility index (Phi) is 3.18. The molecule has 4 heteroatoms. The molecule has 0 spiro atoms. The van der Waals surface area contributed by atoms with Gasteiger partial charge < -0.3 is 5.73 Å². The maximum absolute atomic E-state index is 5.47. The second-order valence-electron chi connectivity index (χ2n) is 2.72. The summed E-state index contributed by atoms with van der Waals surface area (Å²) in [6.07, 6.45) is 1.87. The molecule has 0 fully saturated rings. The number of hydrogen-bond acceptors (Lipinski definition) is 4. The zero-order chi connectivity index (χ0) is 9.80. The third-order valence-electron chi connectivity index (χ3n) is 1.72. The smallest absolute Gasteiger partial charge is 0.0646 e. The Morgan fingerprint density at radius 3 is 2.86 bits per heavy atom. The van der Waals surface area contributed by atoms with Crippen LogP contribution in [0.3, 0.4) is 0 Å². The highest BCUT2D eigenvalue weighted by Gasteiger charge is 1.98. The Balaban J connectivity index is 2.10. The molecule has 0 atom stereocenters. The molecule has 0 saturated heterocycles. The van der Waals surface area contributed by atoms with Gasteiger partial charge in [-0.2, -0.15) is 0 Å². The van der Waals surface area contributed by atoms with Gasteiger partial charge in [-0.1, -0.05) is 17.8 Å². The van der Waals surface area contributed by atoms with Crippen LogP contribution in [0.4, 0.5) is 0 Å². The first kappa shape index (κ1) is 9.71. The molecule has 0 radical (unpaired) electrons. The van der Waals surface area contributed by atoms with Gasteiger partial charge in [0.1, 0.15) is 0 Å². The summed E-state index contributed by atoms with van der Waals surface area (Å²) in [6, 6.07) is 8.18. The lowest BCUT2D eigenvalue weighted by atomic mass is 10.4. The van der Waals surface area contributed by atoms with Crippen molar-refractivity contribution in [3.8, 4) is 0 Å². The molecule has 2 nitrogen and oxygen atoms in total. The summed E-state index contributed by atoms with van der Waals surface area (Å²) >= 11 is 3.47. The van der Waals surface area contributed by atoms with Gasteiger partial charge in [-0.05, 0) is 23.6 Å². The molecule has 0 saturated carbocycles. The quantitative estimate of drug-likeness (QED) is 0.868. The molecule has 72 valence electrons. The van der Waals surface area contributed by atoms with Crippen molar-refractivity contribution in [3.05, 3.63) is 41.5 Å². The van der Waals surface area contributed by atoms with Crippen LogP contribution in [0.15, 0.2) is 44.9 Å². The molecule has 2 aromatic rings. The van der Waals surface area contributed by atoms with E-state index in [2.05, 4.69) is 28.6 Å². The fraction of sp³-hybridized carbons (Fsp3) is 0.100. The van der Waals surface area contributed by atoms with Gasteiger partial charge in [0, 0.05) is 17.6 Å². The van der Waals surface area contributed by atoms with Gasteiger partial charge in [0.05, 0.1) is 9.90 Å². The molecular formula is C10H10N2S2. The summed E-state index contributed by atoms with van der Waals surface area (Å²) in [4.78, 5) is 5.39. The minimum absolute atomic E-state index is 0.504. The van der Waals surface area contributed by atoms with E-state index in [1.807, 2.05) is 12.3 Å². The van der Waals surface area contributed by atoms with E-state index < -0.39 is 0 Å². The fourth-order valence-corrected chi connectivity index (χ4v) is 2.75. The lowest BCUT2D eigenvalue weighted by Gasteiger charge is -1.99. The van der Waals surface area contributed by atoms with Crippen LogP contribution >= 0.6 is 23.1 Å². The van der Waals surface area contributed by atoms with Crippen molar-refractivity contribution in [3.63, 3.8) is 0 Å². The van der Waals surface area contributed by atoms with Crippen molar-refractivity contribution in [1.29, 1.82) is 0 Å². The average Bonchev–Trinajstić information content (AvgIpc) is 2.72. The molecule has 0 aliphatic carbocycles. The summed E-state index contributed by atoms with van der Waals surface area (Å²) in [7, 11) is 0. The number of thiophene rings is 1. The maximum atomic E-state index is 5.47. The molecule has 14 heavy (non-hydrogen) atoms. The summed E-state index contributed by atoms with van der Waals surface area (Å²) < 4.78 is 1.28. The summed E-state index contributed by atoms with van der Waals surface area (Å²) in [5.74, 6) is 0. The molecule has 0 unspecified atom stereocenters. The molecule has 0 aliphatic heterocycles. The van der Waals surface area contributed by atoms with Crippen molar-refractivity contribution in [2.24, 2.45) is 5.73 Å². The Morgan fingerprint density at radius 1 is 1.36 bits per heavy atom. The summed E-state index contributed by atoms with van der Waals surface area (Å²) in [6.45, 7) is 0.504. The van der Waals surface area contributed by atoms with Crippen LogP contribution in [0.1, 0.15) is 5.69 Å². The summed E-state index contributed by atoms with van der Waals surface area (Å²) in [5, 5.41) is 2.07. The van der Waals surface area contributed by atoms with Gasteiger partial charge in [-0.3, -0.25) is 4.98 Å². The van der Waals surface area contributed by atoms with E-state index in [1.54, 1.807) is 23.1 Å². The minimum atomic E-state index is 0.504. The molecule has 0 aromatic carbocycles. The van der Waals surface area contributed by atoms with Crippen LogP contribution < -0.4 is 5.73 Å². The van der Waals surface area contributed by atoms with Crippen molar-refractivity contribution in [1.82, 2.24) is 4.98 Å². The van der Waals surface area contributed by atoms with Gasteiger partial charge in [0.25, 0.3) is 0 Å². The highest BCUT2D eigenvalue weighted by atomic mass is 32.2. The van der Waals surface area contributed by atoms with Crippen molar-refractivity contribution >= 4 is 23.1 Å². The van der Waals surface area contributed by atoms with Crippen LogP contribution in [0, 0.1) is 0 Å². The highest BCUT2D eigenvalue weighted by Crippen LogP contribution is 2.30. The second-order valence-corrected chi connectivity index (χ2v) is 5.04. The van der Waals surface area contributed by atoms with Crippen molar-refractivity contribution in [2.45, 2.75) is 15.6 Å². The summed E-state index contributed by atoms with van der Waals surface area (Å²) in [5.41, 5.74) is 6.40. The third-order valence-corrected chi connectivity index (χ3v) is 3.73. The lowest BCUT2D eigenvalue weighted by Crippen LogP contribution is -1.98. The van der Waals surface area contributed by atoms with E-state index in [1.165, 1.54) is 4.21 Å². The lowest BCUT2D eigenvalue weighted by molar-refractivity contribution is 0.977. The fourth-order valence-electron chi connectivity index (χ4n) is 1.03. The van der Waals surface area contributed by atoms with Gasteiger partial charge in [-0.25, -0.2) is 0 Å². The first-order valence-electron chi connectivity index (χ1n) is 4.25. The van der Waals surface area contributed by atoms with Gasteiger partial charge >= 0.3 is 0 Å². The van der Waals surface area contributed by atoms with E-state index >= 15 is 0 Å². The Bertz CT molecular complexity index is 381. The number of pyridine rings is 1. The number of hydrogen-bond donors (Lipinski definition) is 1. The molecule has 2 N–H and O–H groups in total. The Morgan fingerprint density at radius 2 is 2.29 bits per heavy atom. The monoisotopic (exact) mass is 222 g/mol. The van der Waals surface area contributed by atoms with Crippen LogP contribution in [0.25, 0.3) is 0 Å². The van der Waals surface area contributed by atoms with E-state index in [9.17, 15) is 0 Å². The number of nitrogens with two attached hydrogens (primary N) is 1. The second kappa shape index (κ2) is 4.59. The predicted octanol–water partition coefficient (Wildman–Crippen LogP) is 2.75. The maximum Gasteiger partial charge on any atom is 0.0646 e. The molecule has 0 aliphatic rings. The van der Waals surface area contributed by atoms with Gasteiger partial charge in [-0.15, -0.1) is 11.3 Å². The zero-order valence-corrected chi connectivity index (χ0v) is 9.15. The predicted molar refractivity (Wildman–Crippen MR) is 60.6 cm³/mol. The third kappa shape index (κ3) is 2.35. The standard InChI is InChI=1S/C10H10N2S2/c11-6-8-3-4-9(7-12-8)14-10-2-1-5-13-10/h1-5,7H,6,11H2. The number of nitrogens with zero attached hydrogens (tertiary/aromatic N) is 1. The molecule has 0 amide bonds. The van der Waals surface area contributed by atoms with Crippen molar-refractivity contribution in [2.75, 3.05) is 0 Å².